The van der Waals surface area contributed by atoms with Crippen molar-refractivity contribution in [2.24, 2.45) is 0 Å². The van der Waals surface area contributed by atoms with Gasteiger partial charge in [0.2, 0.25) is 0 Å². The number of allylic oxidation sites excluding steroid dienone is 1. The van der Waals surface area contributed by atoms with Crippen LogP contribution in [0.5, 0.6) is 0 Å². The van der Waals surface area contributed by atoms with Gasteiger partial charge in [0.15, 0.2) is 0 Å². The molecule has 1 aliphatic rings. The van der Waals surface area contributed by atoms with Crippen LogP contribution in [0.15, 0.2) is 11.8 Å². The van der Waals surface area contributed by atoms with E-state index in [1.165, 1.54) is 4.90 Å². The van der Waals surface area contributed by atoms with E-state index in [1.54, 1.807) is 6.92 Å². The second-order valence-electron chi connectivity index (χ2n) is 3.83. The van der Waals surface area contributed by atoms with Gasteiger partial charge in [0.05, 0.1) is 12.7 Å². The molecule has 1 aliphatic heterocycles. The first kappa shape index (κ1) is 13.9. The van der Waals surface area contributed by atoms with Crippen LogP contribution in [0.1, 0.15) is 26.2 Å². The maximum atomic E-state index is 12.8. The Balaban J connectivity index is 2.83. The van der Waals surface area contributed by atoms with Crippen LogP contribution in [-0.2, 0) is 9.53 Å². The quantitative estimate of drug-likeness (QED) is 0.570. The summed E-state index contributed by atoms with van der Waals surface area (Å²) >= 11 is 0. The highest BCUT2D eigenvalue weighted by molar-refractivity contribution is 5.82. The van der Waals surface area contributed by atoms with Crippen molar-refractivity contribution in [3.05, 3.63) is 11.8 Å². The highest BCUT2D eigenvalue weighted by Gasteiger charge is 2.38. The molecule has 0 aromatic carbocycles. The van der Waals surface area contributed by atoms with E-state index in [-0.39, 0.29) is 6.61 Å². The molecule has 1 rings (SSSR count). The van der Waals surface area contributed by atoms with Crippen molar-refractivity contribution in [2.45, 2.75) is 32.4 Å². The molecule has 0 aliphatic carbocycles. The van der Waals surface area contributed by atoms with E-state index >= 15 is 0 Å². The summed E-state index contributed by atoms with van der Waals surface area (Å²) < 4.78 is 42.9. The summed E-state index contributed by atoms with van der Waals surface area (Å²) in [6.07, 6.45) is -1.59. The van der Waals surface area contributed by atoms with Crippen LogP contribution >= 0.6 is 0 Å². The second kappa shape index (κ2) is 5.93. The van der Waals surface area contributed by atoms with E-state index < -0.39 is 17.8 Å². The van der Waals surface area contributed by atoms with Gasteiger partial charge in [-0.05, 0) is 26.2 Å². The Hall–Kier alpha value is -1.20. The molecule has 0 N–H and O–H groups in total. The van der Waals surface area contributed by atoms with Crippen LogP contribution in [-0.4, -0.2) is 36.7 Å². The molecule has 0 aromatic heterocycles. The fourth-order valence-corrected chi connectivity index (χ4v) is 1.78. The molecule has 1 saturated heterocycles. The predicted molar refractivity (Wildman–Crippen MR) is 56.2 cm³/mol. The summed E-state index contributed by atoms with van der Waals surface area (Å²) in [7, 11) is 0. The SMILES string of the molecule is CCOC(=O)/C=C(/N1CCCCC1)C(F)(F)F. The van der Waals surface area contributed by atoms with Gasteiger partial charge in [-0.25, -0.2) is 4.79 Å². The maximum Gasteiger partial charge on any atom is 0.431 e. The van der Waals surface area contributed by atoms with Crippen LogP contribution in [0.4, 0.5) is 13.2 Å². The fourth-order valence-electron chi connectivity index (χ4n) is 1.78. The smallest absolute Gasteiger partial charge is 0.431 e. The summed E-state index contributed by atoms with van der Waals surface area (Å²) in [5.74, 6) is -0.939. The molecule has 0 spiro atoms. The van der Waals surface area contributed by atoms with Crippen LogP contribution in [0.2, 0.25) is 0 Å². The van der Waals surface area contributed by atoms with Crippen LogP contribution in [0.25, 0.3) is 0 Å². The molecule has 0 atom stereocenters. The van der Waals surface area contributed by atoms with Gasteiger partial charge in [0.25, 0.3) is 0 Å². The molecule has 0 aromatic rings. The monoisotopic (exact) mass is 251 g/mol. The molecule has 0 bridgehead atoms. The van der Waals surface area contributed by atoms with Gasteiger partial charge < -0.3 is 9.64 Å². The number of ether oxygens (including phenoxy) is 1. The minimum absolute atomic E-state index is 0.0699. The lowest BCUT2D eigenvalue weighted by molar-refractivity contribution is -0.139. The Morgan fingerprint density at radius 3 is 2.35 bits per heavy atom. The third-order valence-corrected chi connectivity index (χ3v) is 2.53. The third kappa shape index (κ3) is 4.28. The summed E-state index contributed by atoms with van der Waals surface area (Å²) in [5, 5.41) is 0. The summed E-state index contributed by atoms with van der Waals surface area (Å²) in [6.45, 7) is 2.30. The van der Waals surface area contributed by atoms with E-state index in [0.29, 0.717) is 19.2 Å². The topological polar surface area (TPSA) is 29.5 Å². The van der Waals surface area contributed by atoms with Crippen molar-refractivity contribution in [3.63, 3.8) is 0 Å². The van der Waals surface area contributed by atoms with Gasteiger partial charge >= 0.3 is 12.1 Å². The molecular weight excluding hydrogens is 235 g/mol. The number of piperidine rings is 1. The molecule has 6 heteroatoms. The molecule has 0 amide bonds. The molecule has 0 radical (unpaired) electrons. The molecule has 3 nitrogen and oxygen atoms in total. The Morgan fingerprint density at radius 2 is 1.88 bits per heavy atom. The molecule has 98 valence electrons. The van der Waals surface area contributed by atoms with Crippen molar-refractivity contribution in [1.29, 1.82) is 0 Å². The molecule has 0 unspecified atom stereocenters. The Labute approximate surface area is 98.2 Å². The standard InChI is InChI=1S/C11H16F3NO2/c1-2-17-10(16)8-9(11(12,13)14)15-6-4-3-5-7-15/h8H,2-7H2,1H3/b9-8+. The zero-order valence-electron chi connectivity index (χ0n) is 9.72. The predicted octanol–water partition coefficient (Wildman–Crippen LogP) is 2.48. The average molecular weight is 251 g/mol. The van der Waals surface area contributed by atoms with E-state index in [2.05, 4.69) is 4.74 Å². The maximum absolute atomic E-state index is 12.8. The number of alkyl halides is 3. The first-order valence-corrected chi connectivity index (χ1v) is 5.65. The molecule has 0 saturated carbocycles. The minimum atomic E-state index is -4.51. The van der Waals surface area contributed by atoms with Gasteiger partial charge in [0.1, 0.15) is 5.70 Å². The zero-order chi connectivity index (χ0) is 12.9. The lowest BCUT2D eigenvalue weighted by Crippen LogP contribution is -2.36. The Morgan fingerprint density at radius 1 is 1.29 bits per heavy atom. The number of hydrogen-bond donors (Lipinski definition) is 0. The molecule has 17 heavy (non-hydrogen) atoms. The number of nitrogens with zero attached hydrogens (tertiary/aromatic N) is 1. The van der Waals surface area contributed by atoms with Gasteiger partial charge in [-0.15, -0.1) is 0 Å². The van der Waals surface area contributed by atoms with Gasteiger partial charge in [-0.2, -0.15) is 13.2 Å². The Kier molecular flexibility index (Phi) is 4.84. The second-order valence-corrected chi connectivity index (χ2v) is 3.83. The first-order chi connectivity index (χ1) is 7.95. The summed E-state index contributed by atoms with van der Waals surface area (Å²) in [6, 6.07) is 0. The first-order valence-electron chi connectivity index (χ1n) is 5.65. The number of halogens is 3. The van der Waals surface area contributed by atoms with E-state index in [0.717, 1.165) is 19.3 Å². The minimum Gasteiger partial charge on any atom is -0.463 e. The lowest BCUT2D eigenvalue weighted by atomic mass is 10.1. The number of carbonyl (C=O) groups excluding carboxylic acids is 1. The summed E-state index contributed by atoms with van der Waals surface area (Å²) in [5.41, 5.74) is -0.893. The van der Waals surface area contributed by atoms with E-state index in [4.69, 9.17) is 0 Å². The number of esters is 1. The molecular formula is C11H16F3NO2. The van der Waals surface area contributed by atoms with E-state index in [9.17, 15) is 18.0 Å². The molecule has 1 fully saturated rings. The lowest BCUT2D eigenvalue weighted by Gasteiger charge is -2.31. The number of rotatable bonds is 3. The van der Waals surface area contributed by atoms with Gasteiger partial charge in [-0.3, -0.25) is 0 Å². The highest BCUT2D eigenvalue weighted by atomic mass is 19.4. The highest BCUT2D eigenvalue weighted by Crippen LogP contribution is 2.30. The van der Waals surface area contributed by atoms with Crippen LogP contribution < -0.4 is 0 Å². The van der Waals surface area contributed by atoms with Crippen molar-refractivity contribution < 1.29 is 22.7 Å². The van der Waals surface area contributed by atoms with Crippen molar-refractivity contribution in [3.8, 4) is 0 Å². The van der Waals surface area contributed by atoms with Crippen molar-refractivity contribution >= 4 is 5.97 Å². The summed E-state index contributed by atoms with van der Waals surface area (Å²) in [4.78, 5) is 12.3. The van der Waals surface area contributed by atoms with Gasteiger partial charge in [-0.1, -0.05) is 0 Å². The average Bonchev–Trinajstić information content (AvgIpc) is 2.26. The largest absolute Gasteiger partial charge is 0.463 e. The number of hydrogen-bond acceptors (Lipinski definition) is 3. The fraction of sp³-hybridized carbons (Fsp3) is 0.727. The number of carbonyl (C=O) groups is 1. The number of likely N-dealkylation sites (tertiary alicyclic amines) is 1. The molecule has 1 heterocycles. The van der Waals surface area contributed by atoms with E-state index in [1.807, 2.05) is 0 Å². The third-order valence-electron chi connectivity index (χ3n) is 2.53. The van der Waals surface area contributed by atoms with Crippen LogP contribution in [0, 0.1) is 0 Å². The normalized spacial score (nSPS) is 18.1. The van der Waals surface area contributed by atoms with Crippen molar-refractivity contribution in [2.75, 3.05) is 19.7 Å². The van der Waals surface area contributed by atoms with Gasteiger partial charge in [0, 0.05) is 13.1 Å². The zero-order valence-corrected chi connectivity index (χ0v) is 9.72. The van der Waals surface area contributed by atoms with Crippen molar-refractivity contribution in [1.82, 2.24) is 4.90 Å². The Bertz CT molecular complexity index is 294. The van der Waals surface area contributed by atoms with Crippen LogP contribution in [0.3, 0.4) is 0 Å².